The minimum Gasteiger partial charge on any atom is -0.388 e. The topological polar surface area (TPSA) is 88.8 Å². The van der Waals surface area contributed by atoms with Crippen LogP contribution in [-0.2, 0) is 0 Å². The van der Waals surface area contributed by atoms with E-state index in [9.17, 15) is 0 Å². The fourth-order valence-corrected chi connectivity index (χ4v) is 0.961. The molecule has 1 rings (SSSR count). The molecule has 0 atom stereocenters. The molecular weight excluding hydrogens is 202 g/mol. The molecule has 0 fully saturated rings. The van der Waals surface area contributed by atoms with Gasteiger partial charge in [-0.3, -0.25) is 0 Å². The van der Waals surface area contributed by atoms with Gasteiger partial charge < -0.3 is 16.8 Å². The normalized spacial score (nSPS) is 10.8. The van der Waals surface area contributed by atoms with Gasteiger partial charge in [0.1, 0.15) is 6.34 Å². The monoisotopic (exact) mass is 221 g/mol. The Labute approximate surface area is 96.3 Å². The van der Waals surface area contributed by atoms with Crippen LogP contribution in [0.1, 0.15) is 19.4 Å². The van der Waals surface area contributed by atoms with E-state index in [-0.39, 0.29) is 0 Å². The van der Waals surface area contributed by atoms with Crippen LogP contribution in [-0.4, -0.2) is 19.2 Å². The van der Waals surface area contributed by atoms with Crippen molar-refractivity contribution >= 4 is 17.9 Å². The van der Waals surface area contributed by atoms with Crippen LogP contribution >= 0.6 is 0 Å². The molecule has 1 aromatic rings. The lowest BCUT2D eigenvalue weighted by Crippen LogP contribution is -2.12. The lowest BCUT2D eigenvalue weighted by atomic mass is 10.2. The van der Waals surface area contributed by atoms with Gasteiger partial charge >= 0.3 is 0 Å². The maximum Gasteiger partial charge on any atom is 0.153 e. The second-order valence-corrected chi connectivity index (χ2v) is 2.58. The van der Waals surface area contributed by atoms with Crippen molar-refractivity contribution < 1.29 is 0 Å². The average molecular weight is 221 g/mol. The Bertz CT molecular complexity index is 340. The van der Waals surface area contributed by atoms with Gasteiger partial charge in [-0.2, -0.15) is 0 Å². The molecule has 5 N–H and O–H groups in total. The van der Waals surface area contributed by atoms with Crippen molar-refractivity contribution in [1.29, 1.82) is 0 Å². The van der Waals surface area contributed by atoms with Crippen molar-refractivity contribution in [2.75, 3.05) is 12.4 Å². The first kappa shape index (κ1) is 14.0. The Kier molecular flexibility index (Phi) is 7.23. The minimum atomic E-state index is 0.342. The average Bonchev–Trinajstić information content (AvgIpc) is 2.38. The van der Waals surface area contributed by atoms with E-state index in [1.54, 1.807) is 0 Å². The van der Waals surface area contributed by atoms with Crippen molar-refractivity contribution in [3.05, 3.63) is 29.8 Å². The lowest BCUT2D eigenvalue weighted by molar-refractivity contribution is 1.22. The van der Waals surface area contributed by atoms with Gasteiger partial charge in [0, 0.05) is 18.3 Å². The van der Waals surface area contributed by atoms with Crippen molar-refractivity contribution in [3.8, 4) is 0 Å². The minimum absolute atomic E-state index is 0.342. The molecule has 0 saturated carbocycles. The highest BCUT2D eigenvalue weighted by atomic mass is 15.2. The zero-order chi connectivity index (χ0) is 12.4. The highest BCUT2D eigenvalue weighted by Crippen LogP contribution is 2.07. The number of amidine groups is 1. The van der Waals surface area contributed by atoms with E-state index >= 15 is 0 Å². The van der Waals surface area contributed by atoms with E-state index in [1.807, 2.05) is 45.2 Å². The summed E-state index contributed by atoms with van der Waals surface area (Å²) in [5, 5.41) is 10.2. The van der Waals surface area contributed by atoms with E-state index in [1.165, 1.54) is 0 Å². The van der Waals surface area contributed by atoms with Crippen molar-refractivity contribution in [2.45, 2.75) is 13.8 Å². The molecule has 0 aliphatic heterocycles. The number of rotatable bonds is 3. The van der Waals surface area contributed by atoms with Gasteiger partial charge in [-0.25, -0.2) is 0 Å². The second-order valence-electron chi connectivity index (χ2n) is 2.58. The third-order valence-corrected chi connectivity index (χ3v) is 1.70. The van der Waals surface area contributed by atoms with Crippen LogP contribution in [0.5, 0.6) is 0 Å². The van der Waals surface area contributed by atoms with Gasteiger partial charge in [0.15, 0.2) is 5.84 Å². The number of hydrogen-bond acceptors (Lipinski definition) is 3. The zero-order valence-electron chi connectivity index (χ0n) is 9.94. The van der Waals surface area contributed by atoms with Gasteiger partial charge in [-0.05, 0) is 24.3 Å². The molecule has 0 radical (unpaired) electrons. The summed E-state index contributed by atoms with van der Waals surface area (Å²) in [5.41, 5.74) is 12.5. The molecule has 5 nitrogen and oxygen atoms in total. The number of anilines is 1. The van der Waals surface area contributed by atoms with Gasteiger partial charge in [-0.1, -0.05) is 13.8 Å². The van der Waals surface area contributed by atoms with Gasteiger partial charge in [-0.15, -0.1) is 10.2 Å². The second kappa shape index (κ2) is 8.28. The molecule has 16 heavy (non-hydrogen) atoms. The highest BCUT2D eigenvalue weighted by Gasteiger charge is 1.96. The Morgan fingerprint density at radius 1 is 1.25 bits per heavy atom. The molecule has 0 aliphatic rings. The maximum atomic E-state index is 5.63. The molecule has 0 aliphatic carbocycles. The molecular formula is C11H19N5. The smallest absolute Gasteiger partial charge is 0.153 e. The first-order valence-electron chi connectivity index (χ1n) is 5.13. The molecule has 5 heteroatoms. The Balaban J connectivity index is 0.00000106. The van der Waals surface area contributed by atoms with Gasteiger partial charge in [0.25, 0.3) is 0 Å². The molecule has 1 aromatic carbocycles. The predicted molar refractivity (Wildman–Crippen MR) is 70.7 cm³/mol. The summed E-state index contributed by atoms with van der Waals surface area (Å²) in [5.74, 6) is 0.342. The highest BCUT2D eigenvalue weighted by molar-refractivity contribution is 5.97. The standard InChI is InChI=1S/C9H13N5.C2H6/c1-12-8-4-2-7(3-5-8)9(11)14-13-6-10;1-2/h2-6,12H,1H3,(H2,10,13)(H2,11,14);1-2H3. The largest absolute Gasteiger partial charge is 0.388 e. The van der Waals surface area contributed by atoms with Crippen LogP contribution in [0.25, 0.3) is 0 Å². The van der Waals surface area contributed by atoms with E-state index < -0.39 is 0 Å². The number of hydrogen-bond donors (Lipinski definition) is 3. The summed E-state index contributed by atoms with van der Waals surface area (Å²) in [6.45, 7) is 4.00. The molecule has 0 bridgehead atoms. The van der Waals surface area contributed by atoms with E-state index in [0.29, 0.717) is 5.84 Å². The summed E-state index contributed by atoms with van der Waals surface area (Å²) < 4.78 is 0. The predicted octanol–water partition coefficient (Wildman–Crippen LogP) is 1.36. The van der Waals surface area contributed by atoms with E-state index in [2.05, 4.69) is 15.5 Å². The molecule has 0 saturated heterocycles. The first-order chi connectivity index (χ1) is 7.77. The zero-order valence-corrected chi connectivity index (χ0v) is 9.94. The lowest BCUT2D eigenvalue weighted by Gasteiger charge is -2.01. The quantitative estimate of drug-likeness (QED) is 0.409. The number of nitrogens with zero attached hydrogens (tertiary/aromatic N) is 2. The molecule has 88 valence electrons. The van der Waals surface area contributed by atoms with Crippen molar-refractivity contribution in [1.82, 2.24) is 0 Å². The van der Waals surface area contributed by atoms with E-state index in [4.69, 9.17) is 11.5 Å². The molecule has 0 amide bonds. The van der Waals surface area contributed by atoms with Crippen LogP contribution in [0.3, 0.4) is 0 Å². The van der Waals surface area contributed by atoms with Crippen LogP contribution in [0, 0.1) is 0 Å². The Morgan fingerprint density at radius 2 is 1.81 bits per heavy atom. The molecule has 0 aromatic heterocycles. The summed E-state index contributed by atoms with van der Waals surface area (Å²) in [7, 11) is 1.85. The Morgan fingerprint density at radius 3 is 2.25 bits per heavy atom. The number of nitrogens with two attached hydrogens (primary N) is 2. The third kappa shape index (κ3) is 4.45. The van der Waals surface area contributed by atoms with Gasteiger partial charge in [0.2, 0.25) is 0 Å². The SMILES string of the molecule is CC.CNc1ccc(/C(N)=N/N=C\N)cc1. The molecule has 0 unspecified atom stereocenters. The molecule has 0 heterocycles. The summed E-state index contributed by atoms with van der Waals surface area (Å²) in [4.78, 5) is 0. The van der Waals surface area contributed by atoms with Crippen LogP contribution in [0.15, 0.2) is 34.5 Å². The van der Waals surface area contributed by atoms with Gasteiger partial charge in [0.05, 0.1) is 0 Å². The van der Waals surface area contributed by atoms with E-state index in [0.717, 1.165) is 17.6 Å². The number of benzene rings is 1. The summed E-state index contributed by atoms with van der Waals surface area (Å²) >= 11 is 0. The van der Waals surface area contributed by atoms with Crippen molar-refractivity contribution in [2.24, 2.45) is 21.7 Å². The third-order valence-electron chi connectivity index (χ3n) is 1.70. The fourth-order valence-electron chi connectivity index (χ4n) is 0.961. The first-order valence-corrected chi connectivity index (χ1v) is 5.13. The van der Waals surface area contributed by atoms with Crippen LogP contribution in [0.2, 0.25) is 0 Å². The fraction of sp³-hybridized carbons (Fsp3) is 0.273. The Hall–Kier alpha value is -2.04. The van der Waals surface area contributed by atoms with Crippen LogP contribution in [0.4, 0.5) is 5.69 Å². The maximum absolute atomic E-state index is 5.63. The summed E-state index contributed by atoms with van der Waals surface area (Å²) in [6.07, 6.45) is 1.09. The van der Waals surface area contributed by atoms with Crippen molar-refractivity contribution in [3.63, 3.8) is 0 Å². The number of nitrogens with one attached hydrogen (secondary N) is 1. The van der Waals surface area contributed by atoms with Crippen LogP contribution < -0.4 is 16.8 Å². The molecule has 0 spiro atoms. The summed E-state index contributed by atoms with van der Waals surface area (Å²) in [6, 6.07) is 7.53.